The van der Waals surface area contributed by atoms with Crippen molar-refractivity contribution in [1.82, 2.24) is 19.9 Å². The summed E-state index contributed by atoms with van der Waals surface area (Å²) in [5, 5.41) is 4.79. The van der Waals surface area contributed by atoms with Gasteiger partial charge < -0.3 is 19.9 Å². The summed E-state index contributed by atoms with van der Waals surface area (Å²) in [7, 11) is 0. The maximum absolute atomic E-state index is 5.00. The van der Waals surface area contributed by atoms with Crippen molar-refractivity contribution in [2.24, 2.45) is 0 Å². The van der Waals surface area contributed by atoms with E-state index >= 15 is 0 Å². The molecule has 0 spiro atoms. The number of rotatable bonds is 4. The second-order valence-electron chi connectivity index (χ2n) is 14.8. The Bertz CT molecular complexity index is 2870. The van der Waals surface area contributed by atoms with Gasteiger partial charge in [0.2, 0.25) is 0 Å². The number of pyridine rings is 4. The molecule has 0 unspecified atom stereocenters. The van der Waals surface area contributed by atoms with E-state index in [9.17, 15) is 0 Å². The van der Waals surface area contributed by atoms with Gasteiger partial charge in [-0.05, 0) is 81.4 Å². The van der Waals surface area contributed by atoms with Gasteiger partial charge in [-0.25, -0.2) is 0 Å². The molecule has 2 radical (unpaired) electrons. The molecule has 4 nitrogen and oxygen atoms in total. The first-order chi connectivity index (χ1) is 33.8. The molecule has 0 aliphatic heterocycles. The average molecular weight is 1190 g/mol. The molecule has 4 heterocycles. The van der Waals surface area contributed by atoms with Crippen molar-refractivity contribution < 1.29 is 52.1 Å². The summed E-state index contributed by atoms with van der Waals surface area (Å²) in [5.74, 6) is 0. The molecule has 4 aromatic heterocycles. The van der Waals surface area contributed by atoms with Crippen LogP contribution in [0.25, 0.3) is 66.6 Å². The minimum atomic E-state index is 0. The Hall–Kier alpha value is -6.26. The van der Waals surface area contributed by atoms with Crippen molar-refractivity contribution in [2.45, 2.75) is 34.6 Å². The predicted molar refractivity (Wildman–Crippen MR) is 261 cm³/mol. The molecule has 0 saturated carbocycles. The number of aromatic nitrogens is 4. The number of hydrogen-bond acceptors (Lipinski definition) is 4. The minimum absolute atomic E-state index is 0. The van der Waals surface area contributed by atoms with E-state index in [1.54, 1.807) is 0 Å². The van der Waals surface area contributed by atoms with Crippen LogP contribution in [0.5, 0.6) is 0 Å². The van der Waals surface area contributed by atoms with Gasteiger partial charge in [0.1, 0.15) is 0 Å². The van der Waals surface area contributed by atoms with Crippen molar-refractivity contribution >= 4 is 21.5 Å². The van der Waals surface area contributed by atoms with Gasteiger partial charge in [0, 0.05) is 76.9 Å². The Balaban J connectivity index is 0.000000450. The monoisotopic (exact) mass is 1190 g/mol. The number of nitrogens with zero attached hydrogens (tertiary/aromatic N) is 4. The molecule has 10 aromatic rings. The quantitative estimate of drug-likeness (QED) is 0.165. The second kappa shape index (κ2) is 23.8. The van der Waals surface area contributed by atoms with Gasteiger partial charge in [-0.3, -0.25) is 0 Å². The van der Waals surface area contributed by atoms with E-state index in [0.717, 1.165) is 45.0 Å². The van der Waals surface area contributed by atoms with Crippen molar-refractivity contribution in [2.75, 3.05) is 0 Å². The topological polar surface area (TPSA) is 51.6 Å². The molecule has 0 saturated heterocycles. The van der Waals surface area contributed by atoms with Crippen LogP contribution in [0.2, 0.25) is 0 Å². The third kappa shape index (κ3) is 13.4. The van der Waals surface area contributed by atoms with E-state index in [0.29, 0.717) is 0 Å². The summed E-state index contributed by atoms with van der Waals surface area (Å²) in [5.41, 5.74) is 14.3. The fourth-order valence-corrected chi connectivity index (χ4v) is 6.64. The fourth-order valence-electron chi connectivity index (χ4n) is 6.64. The molecule has 0 bridgehead atoms. The van der Waals surface area contributed by atoms with Gasteiger partial charge in [-0.15, -0.1) is 142 Å². The Kier molecular flexibility index (Phi) is 15.9. The van der Waals surface area contributed by atoms with Crippen LogP contribution in [0, 0.1) is 58.9 Å². The smallest absolute Gasteiger partial charge is 0.0190 e. The van der Waals surface area contributed by atoms with Gasteiger partial charge in [-0.2, -0.15) is 0 Å². The van der Waals surface area contributed by atoms with E-state index in [4.69, 9.17) is 11.9 Å². The van der Waals surface area contributed by atoms with Crippen LogP contribution < -0.4 is 0 Å². The van der Waals surface area contributed by atoms with Crippen LogP contribution >= 0.6 is 0 Å². The molecule has 0 fully saturated rings. The number of benzene rings is 6. The largest absolute Gasteiger partial charge is 0.304 e. The van der Waals surface area contributed by atoms with Gasteiger partial charge in [-0.1, -0.05) is 93.6 Å². The second-order valence-corrected chi connectivity index (χ2v) is 14.8. The molecule has 0 aliphatic rings. The van der Waals surface area contributed by atoms with Crippen LogP contribution in [-0.2, 0) is 40.2 Å². The molecule has 0 atom stereocenters. The first kappa shape index (κ1) is 42.1. The van der Waals surface area contributed by atoms with Crippen LogP contribution in [0.4, 0.5) is 0 Å². The normalized spacial score (nSPS) is 10.6. The van der Waals surface area contributed by atoms with E-state index in [1.165, 1.54) is 49.4 Å². The van der Waals surface area contributed by atoms with Crippen molar-refractivity contribution in [1.29, 1.82) is 0 Å². The Morgan fingerprint density at radius 1 is 0.365 bits per heavy atom. The van der Waals surface area contributed by atoms with E-state index < -0.39 is 0 Å². The molecule has 6 heteroatoms. The number of fused-ring (bicyclic) bond motifs is 2. The predicted octanol–water partition coefficient (Wildman–Crippen LogP) is 15.0. The van der Waals surface area contributed by atoms with Crippen LogP contribution in [0.1, 0.15) is 39.7 Å². The zero-order valence-corrected chi connectivity index (χ0v) is 40.6. The van der Waals surface area contributed by atoms with Gasteiger partial charge in [0.25, 0.3) is 0 Å². The fraction of sp³-hybridized carbons (Fsp3) is 0.0877. The standard InChI is InChI=1S/2C16H12N.C13H12N.C12H10N.2Ir.4H2/c2*1-12-5-4-7-14(11-12)16-15-8-3-2-6-13(15)9-10-17-16;1-10-4-3-5-12(8-10)13-7-6-11(2)9-14-13;1-10-7-8-12(13-9-10)11-5-3-2-4-6-11;;;;;;/h2*2-6,8-11H,1H3;3-4,6-9H,1-2H3;2-5,7-9H,1H3;;;4*1H/q4*-1;;;;;;/i;;;;;;4*1+1D. The summed E-state index contributed by atoms with van der Waals surface area (Å²) in [6.45, 7) is 10.3. The SMILES string of the molecule is Cc1cc[c-]c(-c2nccc3ccccc23)c1.Cc1cc[c-]c(-c2nccc3ccccc23)c1.Cc1ccc(-c2[c-]ccc(C)c2)nc1.Cc1ccc(-c2[c-]cccc2)nc1.[2H][2H].[2H][2H].[2H][2H].[2H][2H].[Ir].[Ir]. The summed E-state index contributed by atoms with van der Waals surface area (Å²) >= 11 is 0. The molecule has 63 heavy (non-hydrogen) atoms. The van der Waals surface area contributed by atoms with Crippen LogP contribution in [0.3, 0.4) is 0 Å². The van der Waals surface area contributed by atoms with E-state index in [1.807, 2.05) is 136 Å². The molecular weight excluding hydrogens is 1130 g/mol. The van der Waals surface area contributed by atoms with Gasteiger partial charge in [0.05, 0.1) is 0 Å². The summed E-state index contributed by atoms with van der Waals surface area (Å²) in [4.78, 5) is 17.6. The molecule has 0 N–H and O–H groups in total. The van der Waals surface area contributed by atoms with Crippen molar-refractivity contribution in [3.63, 3.8) is 0 Å². The van der Waals surface area contributed by atoms with Crippen LogP contribution in [-0.4, -0.2) is 19.9 Å². The number of aryl methyl sites for hydroxylation is 5. The Labute approximate surface area is 411 Å². The van der Waals surface area contributed by atoms with E-state index in [2.05, 4.69) is 132 Å². The Morgan fingerprint density at radius 3 is 1.21 bits per heavy atom. The van der Waals surface area contributed by atoms with Crippen molar-refractivity contribution in [3.8, 4) is 45.0 Å². The molecule has 324 valence electrons. The molecule has 6 aromatic carbocycles. The first-order valence-electron chi connectivity index (χ1n) is 24.3. The molecule has 10 rings (SSSR count). The summed E-state index contributed by atoms with van der Waals surface area (Å²) in [6.07, 6.45) is 7.46. The van der Waals surface area contributed by atoms with E-state index in [-0.39, 0.29) is 40.2 Å². The minimum Gasteiger partial charge on any atom is -0.304 e. The van der Waals surface area contributed by atoms with Crippen LogP contribution in [0.15, 0.2) is 189 Å². The average Bonchev–Trinajstić information content (AvgIpc) is 3.42. The third-order valence-corrected chi connectivity index (χ3v) is 9.81. The maximum Gasteiger partial charge on any atom is 0.0190 e. The Morgan fingerprint density at radius 2 is 0.778 bits per heavy atom. The first-order valence-corrected chi connectivity index (χ1v) is 20.3. The summed E-state index contributed by atoms with van der Waals surface area (Å²) < 4.78 is 40.0. The molecular formula is C57H54Ir2N4-4. The zero-order chi connectivity index (χ0) is 50.4. The number of hydrogen-bond donors (Lipinski definition) is 0. The van der Waals surface area contributed by atoms with Crippen molar-refractivity contribution in [3.05, 3.63) is 241 Å². The van der Waals surface area contributed by atoms with Gasteiger partial charge >= 0.3 is 0 Å². The molecule has 0 amide bonds. The third-order valence-electron chi connectivity index (χ3n) is 9.81. The van der Waals surface area contributed by atoms with Gasteiger partial charge in [0.15, 0.2) is 0 Å². The molecule has 0 aliphatic carbocycles. The summed E-state index contributed by atoms with van der Waals surface area (Å²) in [6, 6.07) is 67.9. The zero-order valence-electron chi connectivity index (χ0n) is 43.9. The maximum atomic E-state index is 5.00.